The van der Waals surface area contributed by atoms with Crippen molar-refractivity contribution < 1.29 is 44.4 Å². The Kier molecular flexibility index (Phi) is 4.27. The minimum absolute atomic E-state index is 0.265. The van der Waals surface area contributed by atoms with Crippen LogP contribution >= 0.6 is 0 Å². The first kappa shape index (κ1) is 20.6. The number of fused-ring (bicyclic) bond motifs is 2. The van der Waals surface area contributed by atoms with Crippen LogP contribution in [0.15, 0.2) is 46.0 Å². The zero-order valence-electron chi connectivity index (χ0n) is 16.1. The van der Waals surface area contributed by atoms with Crippen molar-refractivity contribution in [3.8, 4) is 0 Å². The standard InChI is InChI=1S/C20H17N3O8/c1-5-6-2-3-8(23-22)15(26)11(6)16(27)13-10(5)14(25)7-4-9(24)12(19(21)30)17(28)20(7,31)18(13)29/h2-3,5,7,10,14,25,27-28,31H,4H2,1H3,(H2,21,30)/t5-,7+,10+,14+,20+/m0/s1. The van der Waals surface area contributed by atoms with Crippen LogP contribution in [0.3, 0.4) is 0 Å². The fourth-order valence-electron chi connectivity index (χ4n) is 5.05. The zero-order chi connectivity index (χ0) is 23.0. The van der Waals surface area contributed by atoms with Crippen molar-refractivity contribution in [2.75, 3.05) is 0 Å². The highest BCUT2D eigenvalue weighted by atomic mass is 16.4. The lowest BCUT2D eigenvalue weighted by Gasteiger charge is -2.50. The van der Waals surface area contributed by atoms with Crippen LogP contribution < -0.4 is 5.73 Å². The number of hydrogen-bond acceptors (Lipinski definition) is 8. The summed E-state index contributed by atoms with van der Waals surface area (Å²) >= 11 is 0. The number of rotatable bonds is 1. The number of aliphatic hydroxyl groups is 4. The van der Waals surface area contributed by atoms with Crippen LogP contribution in [0.4, 0.5) is 0 Å². The Balaban J connectivity index is 1.99. The smallest absolute Gasteiger partial charge is 0.362 e. The average Bonchev–Trinajstić information content (AvgIpc) is 2.70. The van der Waals surface area contributed by atoms with Gasteiger partial charge in [-0.05, 0) is 17.6 Å². The van der Waals surface area contributed by atoms with E-state index in [-0.39, 0.29) is 11.1 Å². The molecule has 0 aromatic heterocycles. The summed E-state index contributed by atoms with van der Waals surface area (Å²) in [6, 6.07) is 0. The molecule has 11 heteroatoms. The minimum atomic E-state index is -2.91. The summed E-state index contributed by atoms with van der Waals surface area (Å²) in [6.45, 7) is 1.57. The second-order valence-electron chi connectivity index (χ2n) is 7.96. The molecule has 31 heavy (non-hydrogen) atoms. The third kappa shape index (κ3) is 2.36. The van der Waals surface area contributed by atoms with Gasteiger partial charge in [-0.25, -0.2) is 0 Å². The van der Waals surface area contributed by atoms with E-state index in [4.69, 9.17) is 11.3 Å². The zero-order valence-corrected chi connectivity index (χ0v) is 16.1. The summed E-state index contributed by atoms with van der Waals surface area (Å²) in [5.41, 5.74) is 9.21. The predicted octanol–water partition coefficient (Wildman–Crippen LogP) is -1.27. The molecule has 1 fully saturated rings. The summed E-state index contributed by atoms with van der Waals surface area (Å²) in [6.07, 6.45) is 0.350. The van der Waals surface area contributed by atoms with Gasteiger partial charge < -0.3 is 31.7 Å². The van der Waals surface area contributed by atoms with Gasteiger partial charge in [0, 0.05) is 29.9 Å². The van der Waals surface area contributed by atoms with Crippen LogP contribution in [-0.2, 0) is 19.2 Å². The molecule has 0 radical (unpaired) electrons. The van der Waals surface area contributed by atoms with Gasteiger partial charge in [0.05, 0.1) is 11.7 Å². The molecule has 0 unspecified atom stereocenters. The summed E-state index contributed by atoms with van der Waals surface area (Å²) in [7, 11) is 0. The second kappa shape index (κ2) is 6.42. The lowest BCUT2D eigenvalue weighted by molar-refractivity contribution is -0.161. The average molecular weight is 427 g/mol. The Morgan fingerprint density at radius 3 is 2.48 bits per heavy atom. The van der Waals surface area contributed by atoms with Crippen molar-refractivity contribution >= 4 is 29.0 Å². The Hall–Kier alpha value is -3.66. The van der Waals surface area contributed by atoms with Gasteiger partial charge in [0.15, 0.2) is 11.4 Å². The third-order valence-electron chi connectivity index (χ3n) is 6.57. The summed E-state index contributed by atoms with van der Waals surface area (Å²) < 4.78 is 0. The highest BCUT2D eigenvalue weighted by molar-refractivity contribution is 6.49. The Bertz CT molecular complexity index is 1180. The molecule has 0 aromatic carbocycles. The Morgan fingerprint density at radius 2 is 1.90 bits per heavy atom. The van der Waals surface area contributed by atoms with Gasteiger partial charge in [0.1, 0.15) is 17.1 Å². The number of hydrogen-bond donors (Lipinski definition) is 5. The molecule has 4 rings (SSSR count). The SMILES string of the molecule is C[C@H]1C2=C(C(=O)C(=[N+]=[N-])C=C2)C(O)=C2C(=O)[C@]3(O)C(O)=C(C(N)=O)C(=O)C[C@@H]3[C@@H](O)[C@@H]21. The lowest BCUT2D eigenvalue weighted by atomic mass is 9.55. The van der Waals surface area contributed by atoms with Crippen LogP contribution in [0.25, 0.3) is 5.53 Å². The van der Waals surface area contributed by atoms with Gasteiger partial charge in [-0.1, -0.05) is 6.92 Å². The lowest BCUT2D eigenvalue weighted by Crippen LogP contribution is -2.64. The van der Waals surface area contributed by atoms with Crippen LogP contribution in [0.1, 0.15) is 13.3 Å². The monoisotopic (exact) mass is 427 g/mol. The number of amides is 1. The first-order chi connectivity index (χ1) is 14.5. The van der Waals surface area contributed by atoms with E-state index >= 15 is 0 Å². The van der Waals surface area contributed by atoms with E-state index < -0.39 is 87.5 Å². The van der Waals surface area contributed by atoms with Gasteiger partial charge in [0.25, 0.3) is 11.7 Å². The fourth-order valence-corrected chi connectivity index (χ4v) is 5.05. The van der Waals surface area contributed by atoms with Crippen LogP contribution in [-0.4, -0.2) is 65.9 Å². The third-order valence-corrected chi connectivity index (χ3v) is 6.57. The van der Waals surface area contributed by atoms with E-state index in [2.05, 4.69) is 4.79 Å². The number of carbonyl (C=O) groups excluding carboxylic acids is 4. The number of allylic oxidation sites excluding steroid dienone is 4. The van der Waals surface area contributed by atoms with Crippen LogP contribution in [0.2, 0.25) is 0 Å². The van der Waals surface area contributed by atoms with Crippen molar-refractivity contribution in [3.05, 3.63) is 51.5 Å². The van der Waals surface area contributed by atoms with Gasteiger partial charge in [-0.2, -0.15) is 4.79 Å². The maximum absolute atomic E-state index is 13.4. The largest absolute Gasteiger partial charge is 0.508 e. The van der Waals surface area contributed by atoms with Crippen molar-refractivity contribution in [1.82, 2.24) is 0 Å². The molecule has 160 valence electrons. The molecule has 5 atom stereocenters. The molecule has 1 amide bonds. The predicted molar refractivity (Wildman–Crippen MR) is 100 cm³/mol. The van der Waals surface area contributed by atoms with Gasteiger partial charge in [-0.15, -0.1) is 0 Å². The molecule has 6 N–H and O–H groups in total. The number of primary amides is 1. The molecule has 0 aliphatic heterocycles. The van der Waals surface area contributed by atoms with Crippen LogP contribution in [0.5, 0.6) is 0 Å². The molecule has 4 aliphatic carbocycles. The van der Waals surface area contributed by atoms with Gasteiger partial charge in [-0.3, -0.25) is 19.2 Å². The van der Waals surface area contributed by atoms with E-state index in [1.165, 1.54) is 12.2 Å². The van der Waals surface area contributed by atoms with E-state index in [0.717, 1.165) is 0 Å². The van der Waals surface area contributed by atoms with E-state index in [9.17, 15) is 39.6 Å². The first-order valence-electron chi connectivity index (χ1n) is 9.32. The van der Waals surface area contributed by atoms with Crippen molar-refractivity contribution in [2.24, 2.45) is 23.5 Å². The van der Waals surface area contributed by atoms with Crippen molar-refractivity contribution in [3.63, 3.8) is 0 Å². The fraction of sp³-hybridized carbons (Fsp3) is 0.350. The minimum Gasteiger partial charge on any atom is -0.508 e. The molecular weight excluding hydrogens is 410 g/mol. The quantitative estimate of drug-likeness (QED) is 0.147. The maximum atomic E-state index is 13.4. The highest BCUT2D eigenvalue weighted by Crippen LogP contribution is 2.53. The Morgan fingerprint density at radius 1 is 1.26 bits per heavy atom. The molecule has 0 heterocycles. The van der Waals surface area contributed by atoms with Crippen LogP contribution in [0, 0.1) is 17.8 Å². The van der Waals surface area contributed by atoms with Crippen molar-refractivity contribution in [1.29, 1.82) is 0 Å². The molecule has 0 saturated heterocycles. The molecule has 1 saturated carbocycles. The normalized spacial score (nSPS) is 35.1. The molecule has 0 bridgehead atoms. The molecule has 0 spiro atoms. The molecule has 0 aromatic rings. The number of nitrogens with two attached hydrogens (primary N) is 1. The summed E-state index contributed by atoms with van der Waals surface area (Å²) in [5, 5.41) is 43.5. The second-order valence-corrected chi connectivity index (χ2v) is 7.96. The van der Waals surface area contributed by atoms with E-state index in [1.54, 1.807) is 6.92 Å². The molecule has 4 aliphatic rings. The molecular formula is C20H17N3O8. The van der Waals surface area contributed by atoms with E-state index in [1.807, 2.05) is 0 Å². The number of aliphatic hydroxyl groups excluding tert-OH is 3. The summed E-state index contributed by atoms with van der Waals surface area (Å²) in [4.78, 5) is 52.8. The molecule has 11 nitrogen and oxygen atoms in total. The first-order valence-corrected chi connectivity index (χ1v) is 9.32. The number of carbonyl (C=O) groups is 4. The van der Waals surface area contributed by atoms with Crippen molar-refractivity contribution in [2.45, 2.75) is 25.0 Å². The maximum Gasteiger partial charge on any atom is 0.362 e. The Labute approximate surface area is 174 Å². The number of nitrogens with zero attached hydrogens (tertiary/aromatic N) is 2. The van der Waals surface area contributed by atoms with Gasteiger partial charge in [0.2, 0.25) is 5.78 Å². The van der Waals surface area contributed by atoms with E-state index in [0.29, 0.717) is 0 Å². The number of Topliss-reactive ketones (excluding diaryl/α,β-unsaturated/α-hetero) is 3. The number of ketones is 3. The van der Waals surface area contributed by atoms with Gasteiger partial charge >= 0.3 is 5.71 Å². The topological polar surface area (TPSA) is 212 Å². The summed E-state index contributed by atoms with van der Waals surface area (Å²) in [5.74, 6) is -9.99. The highest BCUT2D eigenvalue weighted by Gasteiger charge is 2.65.